The molecular formula is C20H29BF2O3. The molecule has 0 N–H and O–H groups in total. The van der Waals surface area contributed by atoms with E-state index in [4.69, 9.17) is 14.0 Å². The van der Waals surface area contributed by atoms with E-state index in [0.717, 1.165) is 0 Å². The Morgan fingerprint density at radius 3 is 2.19 bits per heavy atom. The topological polar surface area (TPSA) is 27.7 Å². The molecule has 0 amide bonds. The second-order valence-electron chi connectivity index (χ2n) is 8.64. The quantitative estimate of drug-likeness (QED) is 0.658. The highest BCUT2D eigenvalue weighted by Crippen LogP contribution is 2.40. The van der Waals surface area contributed by atoms with Crippen molar-refractivity contribution in [3.63, 3.8) is 0 Å². The van der Waals surface area contributed by atoms with E-state index < -0.39 is 29.9 Å². The molecule has 1 aliphatic heterocycles. The fourth-order valence-electron chi connectivity index (χ4n) is 2.63. The van der Waals surface area contributed by atoms with Crippen LogP contribution in [0.4, 0.5) is 8.78 Å². The van der Waals surface area contributed by atoms with Crippen LogP contribution in [0.3, 0.4) is 0 Å². The molecule has 1 saturated heterocycles. The summed E-state index contributed by atoms with van der Waals surface area (Å²) in [6.45, 7) is 13.6. The van der Waals surface area contributed by atoms with E-state index in [1.165, 1.54) is 12.1 Å². The zero-order valence-corrected chi connectivity index (χ0v) is 16.8. The smallest absolute Gasteiger partial charge is 0.398 e. The lowest BCUT2D eigenvalue weighted by Gasteiger charge is -2.32. The third kappa shape index (κ3) is 4.93. The molecule has 0 radical (unpaired) electrons. The summed E-state index contributed by atoms with van der Waals surface area (Å²) >= 11 is 0. The van der Waals surface area contributed by atoms with Crippen molar-refractivity contribution >= 4 is 12.7 Å². The minimum absolute atomic E-state index is 0.288. The van der Waals surface area contributed by atoms with Gasteiger partial charge in [-0.15, -0.1) is 0 Å². The van der Waals surface area contributed by atoms with Crippen LogP contribution in [0, 0.1) is 5.82 Å². The van der Waals surface area contributed by atoms with Gasteiger partial charge in [0.25, 0.3) is 0 Å². The molecule has 0 bridgehead atoms. The highest BCUT2D eigenvalue weighted by atomic mass is 19.1. The van der Waals surface area contributed by atoms with Gasteiger partial charge < -0.3 is 14.0 Å². The van der Waals surface area contributed by atoms with Gasteiger partial charge in [-0.1, -0.05) is 12.1 Å². The van der Waals surface area contributed by atoms with Crippen LogP contribution in [-0.2, 0) is 14.0 Å². The van der Waals surface area contributed by atoms with E-state index in [1.807, 2.05) is 48.5 Å². The maximum atomic E-state index is 15.3. The molecule has 1 fully saturated rings. The van der Waals surface area contributed by atoms with E-state index in [0.29, 0.717) is 17.7 Å². The fourth-order valence-corrected chi connectivity index (χ4v) is 2.63. The lowest BCUT2D eigenvalue weighted by Crippen LogP contribution is -2.41. The molecule has 0 spiro atoms. The first-order valence-electron chi connectivity index (χ1n) is 8.96. The van der Waals surface area contributed by atoms with Crippen LogP contribution in [0.2, 0.25) is 0 Å². The van der Waals surface area contributed by atoms with Gasteiger partial charge in [0.05, 0.1) is 23.4 Å². The van der Waals surface area contributed by atoms with Gasteiger partial charge in [-0.2, -0.15) is 0 Å². The van der Waals surface area contributed by atoms with Crippen LogP contribution < -0.4 is 0 Å². The van der Waals surface area contributed by atoms with Gasteiger partial charge in [-0.3, -0.25) is 0 Å². The monoisotopic (exact) mass is 366 g/mol. The first-order chi connectivity index (χ1) is 11.8. The molecule has 0 saturated carbocycles. The standard InChI is InChI=1S/C20H29BF2O3/c1-18(2,3)24-12-11-16(14-9-8-10-15(22)13-14)17(23)21-25-19(4,5)20(6,7)26-21/h8-10,13H,11-12H2,1-7H3. The van der Waals surface area contributed by atoms with Crippen molar-refractivity contribution in [3.8, 4) is 0 Å². The highest BCUT2D eigenvalue weighted by molar-refractivity contribution is 6.55. The second-order valence-corrected chi connectivity index (χ2v) is 8.64. The largest absolute Gasteiger partial charge is 0.525 e. The fraction of sp³-hybridized carbons (Fsp3) is 0.600. The summed E-state index contributed by atoms with van der Waals surface area (Å²) in [5, 5.41) is 0. The number of benzene rings is 1. The Hall–Kier alpha value is -1.24. The van der Waals surface area contributed by atoms with Crippen molar-refractivity contribution in [2.45, 2.75) is 71.7 Å². The summed E-state index contributed by atoms with van der Waals surface area (Å²) in [6.07, 6.45) is 0.288. The van der Waals surface area contributed by atoms with E-state index >= 15 is 4.39 Å². The Morgan fingerprint density at radius 2 is 1.69 bits per heavy atom. The molecule has 3 nitrogen and oxygen atoms in total. The Kier molecular flexibility index (Phi) is 6.01. The summed E-state index contributed by atoms with van der Waals surface area (Å²) < 4.78 is 46.4. The number of ether oxygens (including phenoxy) is 1. The summed E-state index contributed by atoms with van der Waals surface area (Å²) in [6, 6.07) is 5.89. The second kappa shape index (κ2) is 7.41. The summed E-state index contributed by atoms with van der Waals surface area (Å²) in [5.41, 5.74) is -1.37. The predicted octanol–water partition coefficient (Wildman–Crippen LogP) is 5.34. The van der Waals surface area contributed by atoms with E-state index in [1.54, 1.807) is 12.1 Å². The Labute approximate surface area is 155 Å². The molecule has 144 valence electrons. The molecule has 6 heteroatoms. The molecule has 1 aliphatic rings. The molecule has 0 aromatic heterocycles. The van der Waals surface area contributed by atoms with Crippen LogP contribution in [0.5, 0.6) is 0 Å². The molecule has 1 aromatic rings. The first-order valence-corrected chi connectivity index (χ1v) is 8.96. The zero-order chi connectivity index (χ0) is 19.8. The molecule has 1 heterocycles. The number of halogens is 2. The molecule has 2 rings (SSSR count). The van der Waals surface area contributed by atoms with Crippen molar-refractivity contribution in [3.05, 3.63) is 41.4 Å². The van der Waals surface area contributed by atoms with E-state index in [2.05, 4.69) is 0 Å². The summed E-state index contributed by atoms with van der Waals surface area (Å²) in [5.74, 6) is -0.418. The lowest BCUT2D eigenvalue weighted by atomic mass is 9.82. The SMILES string of the molecule is CC(C)(C)OCCC(=C(F)B1OC(C)(C)C(C)(C)O1)c1cccc(F)c1. The molecule has 26 heavy (non-hydrogen) atoms. The maximum absolute atomic E-state index is 15.3. The summed E-state index contributed by atoms with van der Waals surface area (Å²) in [7, 11) is -1.12. The minimum Gasteiger partial charge on any atom is -0.398 e. The third-order valence-corrected chi connectivity index (χ3v) is 4.81. The van der Waals surface area contributed by atoms with Crippen LogP contribution >= 0.6 is 0 Å². The average molecular weight is 366 g/mol. The predicted molar refractivity (Wildman–Crippen MR) is 101 cm³/mol. The van der Waals surface area contributed by atoms with Crippen molar-refractivity contribution in [1.82, 2.24) is 0 Å². The molecule has 0 atom stereocenters. The highest BCUT2D eigenvalue weighted by Gasteiger charge is 2.53. The van der Waals surface area contributed by atoms with Gasteiger partial charge in [0.1, 0.15) is 11.5 Å². The van der Waals surface area contributed by atoms with Gasteiger partial charge in [0.2, 0.25) is 0 Å². The number of hydrogen-bond donors (Lipinski definition) is 0. The Balaban J connectivity index is 2.34. The van der Waals surface area contributed by atoms with Gasteiger partial charge in [0.15, 0.2) is 0 Å². The number of hydrogen-bond acceptors (Lipinski definition) is 3. The van der Waals surface area contributed by atoms with E-state index in [9.17, 15) is 4.39 Å². The average Bonchev–Trinajstić information content (AvgIpc) is 2.70. The molecular weight excluding hydrogens is 337 g/mol. The van der Waals surface area contributed by atoms with Gasteiger partial charge >= 0.3 is 7.12 Å². The van der Waals surface area contributed by atoms with Crippen molar-refractivity contribution < 1.29 is 22.8 Å². The lowest BCUT2D eigenvalue weighted by molar-refractivity contribution is 0.000562. The van der Waals surface area contributed by atoms with Crippen LogP contribution in [0.25, 0.3) is 5.57 Å². The van der Waals surface area contributed by atoms with Crippen molar-refractivity contribution in [2.75, 3.05) is 6.61 Å². The van der Waals surface area contributed by atoms with E-state index in [-0.39, 0.29) is 12.0 Å². The molecule has 0 aliphatic carbocycles. The number of rotatable bonds is 5. The van der Waals surface area contributed by atoms with Crippen LogP contribution in [0.1, 0.15) is 60.5 Å². The first kappa shape index (κ1) is 21.1. The van der Waals surface area contributed by atoms with Gasteiger partial charge in [0, 0.05) is 0 Å². The molecule has 0 unspecified atom stereocenters. The van der Waals surface area contributed by atoms with Crippen molar-refractivity contribution in [2.24, 2.45) is 0 Å². The zero-order valence-electron chi connectivity index (χ0n) is 16.8. The third-order valence-electron chi connectivity index (χ3n) is 4.81. The minimum atomic E-state index is -1.12. The Morgan fingerprint density at radius 1 is 1.12 bits per heavy atom. The summed E-state index contributed by atoms with van der Waals surface area (Å²) in [4.78, 5) is 0. The van der Waals surface area contributed by atoms with Crippen LogP contribution in [-0.4, -0.2) is 30.5 Å². The Bertz CT molecular complexity index is 662. The normalized spacial score (nSPS) is 20.3. The van der Waals surface area contributed by atoms with Crippen molar-refractivity contribution in [1.29, 1.82) is 0 Å². The van der Waals surface area contributed by atoms with Gasteiger partial charge in [-0.05, 0) is 78.2 Å². The molecule has 1 aromatic carbocycles. The van der Waals surface area contributed by atoms with Gasteiger partial charge in [-0.25, -0.2) is 8.78 Å². The maximum Gasteiger partial charge on any atom is 0.525 e. The van der Waals surface area contributed by atoms with Crippen LogP contribution in [0.15, 0.2) is 30.0 Å².